The number of carbonyl (C=O) groups excluding carboxylic acids is 3. The van der Waals surface area contributed by atoms with Crippen LogP contribution in [-0.4, -0.2) is 66.5 Å². The number of nitrogens with one attached hydrogen (secondary N) is 3. The van der Waals surface area contributed by atoms with Gasteiger partial charge in [-0.25, -0.2) is 17.9 Å². The van der Waals surface area contributed by atoms with Crippen LogP contribution in [0.15, 0.2) is 120 Å². The summed E-state index contributed by atoms with van der Waals surface area (Å²) in [5, 5.41) is 3.58. The van der Waals surface area contributed by atoms with E-state index < -0.39 is 51.7 Å². The summed E-state index contributed by atoms with van der Waals surface area (Å²) in [7, 11) is -4.25. The predicted octanol–water partition coefficient (Wildman–Crippen LogP) is 5.82. The molecule has 0 radical (unpaired) electrons. The zero-order valence-electron chi connectivity index (χ0n) is 28.5. The van der Waals surface area contributed by atoms with E-state index in [4.69, 9.17) is 9.47 Å². The third-order valence-electron chi connectivity index (χ3n) is 8.48. The third-order valence-corrected chi connectivity index (χ3v) is 9.84. The highest BCUT2D eigenvalue weighted by Crippen LogP contribution is 2.28. The molecule has 3 amide bonds. The number of carbonyl (C=O) groups is 3. The molecule has 12 heteroatoms. The number of H-pyrrole nitrogens is 1. The maximum atomic E-state index is 14.1. The maximum Gasteiger partial charge on any atom is 0.411 e. The van der Waals surface area contributed by atoms with E-state index >= 15 is 0 Å². The van der Waals surface area contributed by atoms with E-state index in [0.29, 0.717) is 11.3 Å². The normalized spacial score (nSPS) is 16.7. The molecule has 0 saturated carbocycles. The minimum atomic E-state index is -4.25. The van der Waals surface area contributed by atoms with Crippen LogP contribution in [0.25, 0.3) is 22.0 Å². The van der Waals surface area contributed by atoms with Gasteiger partial charge in [0.2, 0.25) is 5.91 Å². The molecular formula is C39H40N4O7S. The van der Waals surface area contributed by atoms with E-state index in [1.165, 1.54) is 17.0 Å². The van der Waals surface area contributed by atoms with Crippen molar-refractivity contribution in [1.82, 2.24) is 19.9 Å². The number of likely N-dealkylation sites (tertiary alicyclic amines) is 1. The van der Waals surface area contributed by atoms with E-state index in [-0.39, 0.29) is 24.3 Å². The minimum Gasteiger partial charge on any atom is -0.488 e. The molecule has 1 fully saturated rings. The lowest BCUT2D eigenvalue weighted by Gasteiger charge is -2.28. The largest absolute Gasteiger partial charge is 0.488 e. The number of fused-ring (bicyclic) bond motifs is 1. The van der Waals surface area contributed by atoms with Crippen molar-refractivity contribution < 1.29 is 32.3 Å². The summed E-state index contributed by atoms with van der Waals surface area (Å²) < 4.78 is 40.4. The summed E-state index contributed by atoms with van der Waals surface area (Å²) >= 11 is 0. The summed E-state index contributed by atoms with van der Waals surface area (Å²) in [6.07, 6.45) is 0.513. The fraction of sp³-hybridized carbons (Fsp3) is 0.256. The molecule has 51 heavy (non-hydrogen) atoms. The smallest absolute Gasteiger partial charge is 0.411 e. The van der Waals surface area contributed by atoms with Gasteiger partial charge in [0.05, 0.1) is 11.4 Å². The van der Waals surface area contributed by atoms with Crippen LogP contribution in [0.4, 0.5) is 4.79 Å². The van der Waals surface area contributed by atoms with Crippen LogP contribution < -0.4 is 14.8 Å². The molecule has 1 aliphatic rings. The topological polar surface area (TPSA) is 147 Å². The molecule has 11 nitrogen and oxygen atoms in total. The van der Waals surface area contributed by atoms with Gasteiger partial charge < -0.3 is 19.8 Å². The van der Waals surface area contributed by atoms with E-state index in [1.807, 2.05) is 78.9 Å². The van der Waals surface area contributed by atoms with Crippen LogP contribution in [0.2, 0.25) is 0 Å². The molecule has 1 saturated heterocycles. The first-order valence-electron chi connectivity index (χ1n) is 16.7. The Kier molecular flexibility index (Phi) is 10.1. The van der Waals surface area contributed by atoms with E-state index in [1.54, 1.807) is 45.2 Å². The van der Waals surface area contributed by atoms with Crippen molar-refractivity contribution in [3.63, 3.8) is 0 Å². The first kappa shape index (κ1) is 35.2. The Morgan fingerprint density at radius 3 is 2.18 bits per heavy atom. The molecule has 0 bridgehead atoms. The van der Waals surface area contributed by atoms with Crippen molar-refractivity contribution in [2.45, 2.75) is 62.3 Å². The van der Waals surface area contributed by atoms with Crippen molar-refractivity contribution in [1.29, 1.82) is 0 Å². The summed E-state index contributed by atoms with van der Waals surface area (Å²) in [4.78, 5) is 45.7. The highest BCUT2D eigenvalue weighted by atomic mass is 32.2. The van der Waals surface area contributed by atoms with Gasteiger partial charge in [0.1, 0.15) is 29.5 Å². The number of hydrogen-bond donors (Lipinski definition) is 3. The average molecular weight is 709 g/mol. The molecule has 2 heterocycles. The lowest BCUT2D eigenvalue weighted by molar-refractivity contribution is -0.130. The Morgan fingerprint density at radius 2 is 1.49 bits per heavy atom. The first-order valence-corrected chi connectivity index (χ1v) is 18.1. The van der Waals surface area contributed by atoms with Gasteiger partial charge in [-0.05, 0) is 67.8 Å². The lowest BCUT2D eigenvalue weighted by atomic mass is 10.0. The number of aromatic nitrogens is 1. The number of aromatic amines is 1. The van der Waals surface area contributed by atoms with Crippen LogP contribution in [0.1, 0.15) is 32.8 Å². The number of nitrogens with zero attached hydrogens (tertiary/aromatic N) is 1. The first-order chi connectivity index (χ1) is 24.4. The molecule has 4 aromatic carbocycles. The third kappa shape index (κ3) is 8.58. The highest BCUT2D eigenvalue weighted by molar-refractivity contribution is 7.90. The number of rotatable bonds is 10. The molecule has 6 rings (SSSR count). The van der Waals surface area contributed by atoms with Crippen LogP contribution in [0.5, 0.6) is 5.75 Å². The SMILES string of the molecule is CC(C)(C)OC(=O)N1C[C@@H](Oc2ccc(-c3ccccc3)cc2)C[C@H]1C(=O)N[C@@H](Cc1c[nH]c2ccccc12)C(=O)NS(=O)(=O)c1ccccc1. The molecule has 1 aliphatic heterocycles. The van der Waals surface area contributed by atoms with Crippen LogP contribution in [-0.2, 0) is 30.8 Å². The number of hydrogen-bond acceptors (Lipinski definition) is 7. The molecule has 0 unspecified atom stereocenters. The molecule has 1 aromatic heterocycles. The Morgan fingerprint density at radius 1 is 0.863 bits per heavy atom. The van der Waals surface area contributed by atoms with Gasteiger partial charge in [0, 0.05) is 29.9 Å². The van der Waals surface area contributed by atoms with Crippen molar-refractivity contribution in [2.75, 3.05) is 6.54 Å². The molecule has 3 atom stereocenters. The van der Waals surface area contributed by atoms with Gasteiger partial charge in [0.25, 0.3) is 15.9 Å². The molecule has 3 N–H and O–H groups in total. The standard InChI is InChI=1S/C39H40N4O7S/c1-39(2,3)50-38(46)43-25-30(49-29-20-18-27(19-21-29)26-12-6-4-7-13-26)23-35(43)37(45)41-34(22-28-24-40-33-17-11-10-16-32(28)33)36(44)42-51(47,48)31-14-8-5-9-15-31/h4-21,24,30,34-35,40H,22-23,25H2,1-3H3,(H,41,45)(H,42,44)/t30-,34-,35-/m0/s1. The monoisotopic (exact) mass is 708 g/mol. The number of ether oxygens (including phenoxy) is 2. The summed E-state index contributed by atoms with van der Waals surface area (Å²) in [6.45, 7) is 5.24. The van der Waals surface area contributed by atoms with Gasteiger partial charge in [-0.2, -0.15) is 0 Å². The lowest BCUT2D eigenvalue weighted by Crippen LogP contribution is -2.54. The quantitative estimate of drug-likeness (QED) is 0.166. The number of benzene rings is 4. The highest BCUT2D eigenvalue weighted by Gasteiger charge is 2.44. The van der Waals surface area contributed by atoms with Gasteiger partial charge >= 0.3 is 6.09 Å². The van der Waals surface area contributed by atoms with E-state index in [0.717, 1.165) is 22.0 Å². The predicted molar refractivity (Wildman–Crippen MR) is 193 cm³/mol. The van der Waals surface area contributed by atoms with Crippen molar-refractivity contribution in [2.24, 2.45) is 0 Å². The zero-order valence-corrected chi connectivity index (χ0v) is 29.4. The zero-order chi connectivity index (χ0) is 36.2. The average Bonchev–Trinajstić information content (AvgIpc) is 3.73. The molecule has 0 spiro atoms. The maximum absolute atomic E-state index is 14.1. The van der Waals surface area contributed by atoms with Crippen molar-refractivity contribution in [3.8, 4) is 16.9 Å². The Bertz CT molecular complexity index is 2110. The molecule has 264 valence electrons. The Balaban J connectivity index is 1.24. The van der Waals surface area contributed by atoms with Crippen LogP contribution in [0.3, 0.4) is 0 Å². The van der Waals surface area contributed by atoms with Crippen LogP contribution >= 0.6 is 0 Å². The molecule has 0 aliphatic carbocycles. The number of para-hydroxylation sites is 1. The van der Waals surface area contributed by atoms with Gasteiger partial charge in [-0.1, -0.05) is 78.9 Å². The second-order valence-corrected chi connectivity index (χ2v) is 15.1. The van der Waals surface area contributed by atoms with Crippen LogP contribution in [0, 0.1) is 0 Å². The Labute approximate surface area is 297 Å². The van der Waals surface area contributed by atoms with Crippen molar-refractivity contribution in [3.05, 3.63) is 121 Å². The van der Waals surface area contributed by atoms with Crippen molar-refractivity contribution >= 4 is 38.8 Å². The second kappa shape index (κ2) is 14.7. The fourth-order valence-electron chi connectivity index (χ4n) is 6.06. The summed E-state index contributed by atoms with van der Waals surface area (Å²) in [5.74, 6) is -1.01. The number of amides is 3. The van der Waals surface area contributed by atoms with E-state index in [9.17, 15) is 22.8 Å². The number of sulfonamides is 1. The molecular weight excluding hydrogens is 669 g/mol. The van der Waals surface area contributed by atoms with Gasteiger partial charge in [-0.15, -0.1) is 0 Å². The molecule has 5 aromatic rings. The fourth-order valence-corrected chi connectivity index (χ4v) is 7.10. The van der Waals surface area contributed by atoms with Gasteiger partial charge in [-0.3, -0.25) is 14.5 Å². The summed E-state index contributed by atoms with van der Waals surface area (Å²) in [5.41, 5.74) is 2.74. The van der Waals surface area contributed by atoms with Gasteiger partial charge in [0.15, 0.2) is 0 Å². The second-order valence-electron chi connectivity index (χ2n) is 13.4. The van der Waals surface area contributed by atoms with E-state index in [2.05, 4.69) is 15.0 Å². The Hall–Kier alpha value is -5.62. The minimum absolute atomic E-state index is 0.0290. The summed E-state index contributed by atoms with van der Waals surface area (Å²) in [6, 6.07) is 30.0.